The van der Waals surface area contributed by atoms with Crippen molar-refractivity contribution >= 4 is 31.9 Å². The van der Waals surface area contributed by atoms with Crippen LogP contribution in [0.2, 0.25) is 0 Å². The molecule has 2 rings (SSSR count). The maximum absolute atomic E-state index is 9.89. The highest BCUT2D eigenvalue weighted by Crippen LogP contribution is 2.32. The highest BCUT2D eigenvalue weighted by Gasteiger charge is 2.21. The Hall–Kier alpha value is -0.100. The third kappa shape index (κ3) is 2.77. The molecule has 16 heavy (non-hydrogen) atoms. The van der Waals surface area contributed by atoms with E-state index in [-0.39, 0.29) is 11.9 Å². The van der Waals surface area contributed by atoms with E-state index in [2.05, 4.69) is 36.8 Å². The van der Waals surface area contributed by atoms with Crippen LogP contribution in [0.3, 0.4) is 0 Å². The van der Waals surface area contributed by atoms with Crippen LogP contribution in [0.15, 0.2) is 21.1 Å². The summed E-state index contributed by atoms with van der Waals surface area (Å²) in [4.78, 5) is 2.14. The third-order valence-electron chi connectivity index (χ3n) is 2.75. The molecule has 1 saturated heterocycles. The summed E-state index contributed by atoms with van der Waals surface area (Å²) < 4.78 is 1.63. The maximum Gasteiger partial charge on any atom is 0.134 e. The van der Waals surface area contributed by atoms with Gasteiger partial charge in [-0.15, -0.1) is 0 Å². The van der Waals surface area contributed by atoms with Crippen LogP contribution in [0, 0.1) is 0 Å². The fourth-order valence-corrected chi connectivity index (χ4v) is 3.25. The summed E-state index contributed by atoms with van der Waals surface area (Å²) in [5, 5.41) is 19.3. The van der Waals surface area contributed by atoms with Gasteiger partial charge in [-0.2, -0.15) is 0 Å². The van der Waals surface area contributed by atoms with Crippen molar-refractivity contribution in [1.82, 2.24) is 4.90 Å². The molecule has 0 amide bonds. The summed E-state index contributed by atoms with van der Waals surface area (Å²) >= 11 is 6.71. The number of aliphatic hydroxyl groups excluding tert-OH is 1. The first-order chi connectivity index (χ1) is 7.56. The zero-order valence-corrected chi connectivity index (χ0v) is 11.8. The lowest BCUT2D eigenvalue weighted by Gasteiger charge is -2.16. The van der Waals surface area contributed by atoms with Gasteiger partial charge in [-0.1, -0.05) is 15.9 Å². The van der Waals surface area contributed by atoms with Crippen molar-refractivity contribution in [2.24, 2.45) is 0 Å². The molecule has 0 unspecified atom stereocenters. The van der Waals surface area contributed by atoms with Crippen molar-refractivity contribution in [3.05, 3.63) is 26.6 Å². The smallest absolute Gasteiger partial charge is 0.134 e. The van der Waals surface area contributed by atoms with Crippen molar-refractivity contribution in [1.29, 1.82) is 0 Å². The van der Waals surface area contributed by atoms with Crippen molar-refractivity contribution in [3.8, 4) is 5.75 Å². The topological polar surface area (TPSA) is 43.7 Å². The maximum atomic E-state index is 9.89. The van der Waals surface area contributed by atoms with E-state index >= 15 is 0 Å². The van der Waals surface area contributed by atoms with Gasteiger partial charge < -0.3 is 10.2 Å². The van der Waals surface area contributed by atoms with E-state index in [1.807, 2.05) is 12.1 Å². The number of rotatable bonds is 2. The Morgan fingerprint density at radius 2 is 2.12 bits per heavy atom. The van der Waals surface area contributed by atoms with E-state index in [0.717, 1.165) is 23.0 Å². The van der Waals surface area contributed by atoms with Gasteiger partial charge in [-0.25, -0.2) is 0 Å². The number of β-amino-alcohol motifs (C(OH)–C–C–N with tert-alkyl or cyclic N) is 1. The molecule has 0 aromatic heterocycles. The van der Waals surface area contributed by atoms with Gasteiger partial charge in [0.1, 0.15) is 5.75 Å². The van der Waals surface area contributed by atoms with E-state index in [4.69, 9.17) is 0 Å². The van der Waals surface area contributed by atoms with Crippen LogP contribution < -0.4 is 0 Å². The molecule has 1 heterocycles. The molecule has 1 aliphatic rings. The zero-order valence-electron chi connectivity index (χ0n) is 8.66. The predicted molar refractivity (Wildman–Crippen MR) is 69.4 cm³/mol. The minimum absolute atomic E-state index is 0.224. The molecule has 5 heteroatoms. The SMILES string of the molecule is Oc1c(Br)cc(Br)cc1CN1CC[C@@H](O)C1. The van der Waals surface area contributed by atoms with E-state index in [1.54, 1.807) is 0 Å². The minimum atomic E-state index is -0.224. The Morgan fingerprint density at radius 3 is 2.75 bits per heavy atom. The van der Waals surface area contributed by atoms with Crippen molar-refractivity contribution in [3.63, 3.8) is 0 Å². The largest absolute Gasteiger partial charge is 0.506 e. The lowest BCUT2D eigenvalue weighted by Crippen LogP contribution is -2.21. The number of halogens is 2. The molecule has 3 nitrogen and oxygen atoms in total. The monoisotopic (exact) mass is 349 g/mol. The molecule has 1 aliphatic heterocycles. The van der Waals surface area contributed by atoms with Gasteiger partial charge in [-0.05, 0) is 34.5 Å². The average Bonchev–Trinajstić information content (AvgIpc) is 2.60. The lowest BCUT2D eigenvalue weighted by atomic mass is 10.2. The molecule has 0 saturated carbocycles. The summed E-state index contributed by atoms with van der Waals surface area (Å²) in [6, 6.07) is 3.72. The fourth-order valence-electron chi connectivity index (χ4n) is 1.94. The number of phenolic OH excluding ortho intramolecular Hbond substituents is 1. The third-order valence-corrected chi connectivity index (χ3v) is 3.81. The summed E-state index contributed by atoms with van der Waals surface area (Å²) in [5.41, 5.74) is 0.871. The molecule has 0 aliphatic carbocycles. The number of aromatic hydroxyl groups is 1. The molecule has 2 N–H and O–H groups in total. The van der Waals surface area contributed by atoms with Gasteiger partial charge in [0.25, 0.3) is 0 Å². The van der Waals surface area contributed by atoms with Crippen LogP contribution in [0.1, 0.15) is 12.0 Å². The van der Waals surface area contributed by atoms with E-state index < -0.39 is 0 Å². The summed E-state index contributed by atoms with van der Waals surface area (Å²) in [6.07, 6.45) is 0.591. The van der Waals surface area contributed by atoms with Gasteiger partial charge in [0, 0.05) is 29.7 Å². The lowest BCUT2D eigenvalue weighted by molar-refractivity contribution is 0.174. The number of hydrogen-bond donors (Lipinski definition) is 2. The van der Waals surface area contributed by atoms with E-state index in [1.165, 1.54) is 0 Å². The Kier molecular flexibility index (Phi) is 3.89. The van der Waals surface area contributed by atoms with Gasteiger partial charge in [0.15, 0.2) is 0 Å². The Morgan fingerprint density at radius 1 is 1.38 bits per heavy atom. The van der Waals surface area contributed by atoms with Gasteiger partial charge in [0.05, 0.1) is 10.6 Å². The second-order valence-electron chi connectivity index (χ2n) is 4.07. The Balaban J connectivity index is 2.15. The van der Waals surface area contributed by atoms with Gasteiger partial charge >= 0.3 is 0 Å². The Bertz CT molecular complexity index is 398. The first-order valence-electron chi connectivity index (χ1n) is 5.13. The summed E-state index contributed by atoms with van der Waals surface area (Å²) in [6.45, 7) is 2.23. The molecular weight excluding hydrogens is 338 g/mol. The second-order valence-corrected chi connectivity index (χ2v) is 5.84. The molecular formula is C11H13Br2NO2. The first-order valence-corrected chi connectivity index (χ1v) is 6.72. The molecule has 1 fully saturated rings. The van der Waals surface area contributed by atoms with Crippen LogP contribution in [0.25, 0.3) is 0 Å². The normalized spacial score (nSPS) is 21.6. The number of likely N-dealkylation sites (tertiary alicyclic amines) is 1. The Labute approximate surface area is 111 Å². The molecule has 0 radical (unpaired) electrons. The number of nitrogens with zero attached hydrogens (tertiary/aromatic N) is 1. The molecule has 0 bridgehead atoms. The minimum Gasteiger partial charge on any atom is -0.506 e. The molecule has 1 aromatic carbocycles. The van der Waals surface area contributed by atoms with Crippen molar-refractivity contribution < 1.29 is 10.2 Å². The molecule has 1 atom stereocenters. The van der Waals surface area contributed by atoms with Crippen LogP contribution >= 0.6 is 31.9 Å². The summed E-state index contributed by atoms with van der Waals surface area (Å²) in [7, 11) is 0. The number of benzene rings is 1. The van der Waals surface area contributed by atoms with Gasteiger partial charge in [-0.3, -0.25) is 4.90 Å². The fraction of sp³-hybridized carbons (Fsp3) is 0.455. The first kappa shape index (κ1) is 12.4. The quantitative estimate of drug-likeness (QED) is 0.861. The second kappa shape index (κ2) is 5.04. The predicted octanol–water partition coefficient (Wildman–Crippen LogP) is 2.48. The average molecular weight is 351 g/mol. The molecule has 1 aromatic rings. The zero-order chi connectivity index (χ0) is 11.7. The van der Waals surface area contributed by atoms with Crippen molar-refractivity contribution in [2.75, 3.05) is 13.1 Å². The van der Waals surface area contributed by atoms with E-state index in [0.29, 0.717) is 17.6 Å². The van der Waals surface area contributed by atoms with Crippen LogP contribution in [-0.2, 0) is 6.54 Å². The molecule has 88 valence electrons. The molecule has 0 spiro atoms. The summed E-state index contributed by atoms with van der Waals surface area (Å²) in [5.74, 6) is 0.282. The highest BCUT2D eigenvalue weighted by atomic mass is 79.9. The van der Waals surface area contributed by atoms with Crippen LogP contribution in [-0.4, -0.2) is 34.3 Å². The number of phenols is 1. The highest BCUT2D eigenvalue weighted by molar-refractivity contribution is 9.11. The van der Waals surface area contributed by atoms with Gasteiger partial charge in [0.2, 0.25) is 0 Å². The number of hydrogen-bond acceptors (Lipinski definition) is 3. The number of aliphatic hydroxyl groups is 1. The van der Waals surface area contributed by atoms with Crippen LogP contribution in [0.4, 0.5) is 0 Å². The standard InChI is InChI=1S/C11H13Br2NO2/c12-8-3-7(11(16)10(13)4-8)5-14-2-1-9(15)6-14/h3-4,9,15-16H,1-2,5-6H2/t9-/m1/s1. The van der Waals surface area contributed by atoms with E-state index in [9.17, 15) is 10.2 Å². The van der Waals surface area contributed by atoms with Crippen LogP contribution in [0.5, 0.6) is 5.75 Å². The van der Waals surface area contributed by atoms with Crippen molar-refractivity contribution in [2.45, 2.75) is 19.1 Å².